The maximum Gasteiger partial charge on any atom is 0.249 e. The van der Waals surface area contributed by atoms with Gasteiger partial charge in [-0.1, -0.05) is 328 Å². The van der Waals surface area contributed by atoms with Gasteiger partial charge in [-0.05, 0) is 38.5 Å². The van der Waals surface area contributed by atoms with Crippen LogP contribution in [-0.4, -0.2) is 110 Å². The fourth-order valence-corrected chi connectivity index (χ4v) is 11.7. The molecule has 0 aromatic heterocycles. The molecule has 0 radical (unpaired) electrons. The highest BCUT2D eigenvalue weighted by Gasteiger charge is 2.44. The molecule has 1 fully saturated rings. The van der Waals surface area contributed by atoms with E-state index >= 15 is 0 Å². The van der Waals surface area contributed by atoms with Crippen LogP contribution in [0.3, 0.4) is 0 Å². The Morgan fingerprint density at radius 1 is 0.425 bits per heavy atom. The molecule has 0 saturated carbocycles. The number of ether oxygens (including phenoxy) is 2. The second-order valence-corrected chi connectivity index (χ2v) is 25.0. The molecule has 0 aliphatic carbocycles. The van der Waals surface area contributed by atoms with Crippen molar-refractivity contribution in [2.24, 2.45) is 0 Å². The highest BCUT2D eigenvalue weighted by molar-refractivity contribution is 5.80. The number of hydrogen-bond donors (Lipinski definition) is 8. The van der Waals surface area contributed by atoms with Crippen molar-refractivity contribution < 1.29 is 50.0 Å². The van der Waals surface area contributed by atoms with Crippen LogP contribution >= 0.6 is 0 Å². The third-order valence-corrected chi connectivity index (χ3v) is 17.3. The van der Waals surface area contributed by atoms with Crippen LogP contribution in [0.25, 0.3) is 0 Å². The van der Waals surface area contributed by atoms with Gasteiger partial charge >= 0.3 is 0 Å². The van der Waals surface area contributed by atoms with Gasteiger partial charge in [0.15, 0.2) is 6.29 Å². The molecule has 80 heavy (non-hydrogen) atoms. The van der Waals surface area contributed by atoms with Crippen LogP contribution in [0, 0.1) is 0 Å². The summed E-state index contributed by atoms with van der Waals surface area (Å²) in [6.45, 7) is 3.52. The summed E-state index contributed by atoms with van der Waals surface area (Å²) in [5.74, 6) is -0.694. The molecule has 1 amide bonds. The molecule has 9 atom stereocenters. The quantitative estimate of drug-likeness (QED) is 0.0215. The number of allylic oxidation sites excluding steroid dienone is 2. The number of amides is 1. The third kappa shape index (κ3) is 45.2. The molecule has 8 N–H and O–H groups in total. The molecule has 0 aromatic carbocycles. The van der Waals surface area contributed by atoms with Gasteiger partial charge < -0.3 is 50.5 Å². The molecular weight excluding hydrogens is 1000 g/mol. The zero-order chi connectivity index (χ0) is 58.2. The summed E-state index contributed by atoms with van der Waals surface area (Å²) in [7, 11) is 0. The van der Waals surface area contributed by atoms with E-state index in [0.717, 1.165) is 51.4 Å². The van der Waals surface area contributed by atoms with Crippen molar-refractivity contribution in [1.82, 2.24) is 5.32 Å². The maximum atomic E-state index is 13.2. The molecule has 1 aliphatic rings. The summed E-state index contributed by atoms with van der Waals surface area (Å²) >= 11 is 0. The van der Waals surface area contributed by atoms with E-state index in [2.05, 4.69) is 31.3 Å². The first-order chi connectivity index (χ1) is 39.2. The molecule has 1 heterocycles. The Bertz CT molecular complexity index is 1310. The minimum absolute atomic E-state index is 0.256. The van der Waals surface area contributed by atoms with Crippen LogP contribution in [0.4, 0.5) is 0 Å². The lowest BCUT2D eigenvalue weighted by atomic mass is 9.98. The maximum absolute atomic E-state index is 13.2. The number of rotatable bonds is 62. The predicted molar refractivity (Wildman–Crippen MR) is 335 cm³/mol. The van der Waals surface area contributed by atoms with Crippen LogP contribution in [-0.2, 0) is 14.3 Å². The number of nitrogens with one attached hydrogen (secondary N) is 1. The van der Waals surface area contributed by atoms with Gasteiger partial charge in [-0.25, -0.2) is 0 Å². The van der Waals surface area contributed by atoms with Crippen molar-refractivity contribution in [1.29, 1.82) is 0 Å². The van der Waals surface area contributed by atoms with E-state index in [1.807, 2.05) is 0 Å². The first-order valence-electron chi connectivity index (χ1n) is 35.1. The van der Waals surface area contributed by atoms with Gasteiger partial charge in [0.2, 0.25) is 5.91 Å². The average Bonchev–Trinajstić information content (AvgIpc) is 3.47. The van der Waals surface area contributed by atoms with Crippen LogP contribution in [0.5, 0.6) is 0 Å². The second kappa shape index (κ2) is 58.2. The SMILES string of the molecule is CCCCCCCCCCCCCC/C=C\CCCCCCCCC(O)C(=O)NC(COC1OC(CO)C(O)C(O)C1O)C(O)C(O)CCCCCCCCCCCCCCCCCCCCCCCCCCCCCCCCC. The summed E-state index contributed by atoms with van der Waals surface area (Å²) < 4.78 is 11.2. The lowest BCUT2D eigenvalue weighted by Gasteiger charge is -2.40. The Morgan fingerprint density at radius 3 is 1.05 bits per heavy atom. The van der Waals surface area contributed by atoms with Gasteiger partial charge in [-0.3, -0.25) is 4.79 Å². The number of carbonyl (C=O) groups excluding carboxylic acids is 1. The molecule has 11 nitrogen and oxygen atoms in total. The van der Waals surface area contributed by atoms with Crippen molar-refractivity contribution >= 4 is 5.91 Å². The molecule has 1 saturated heterocycles. The molecule has 0 bridgehead atoms. The molecule has 9 unspecified atom stereocenters. The summed E-state index contributed by atoms with van der Waals surface area (Å²) in [5, 5.41) is 76.5. The molecule has 0 spiro atoms. The van der Waals surface area contributed by atoms with Gasteiger partial charge in [0.1, 0.15) is 36.6 Å². The molecule has 11 heteroatoms. The molecule has 476 valence electrons. The molecule has 1 aliphatic heterocycles. The summed E-state index contributed by atoms with van der Waals surface area (Å²) in [5.41, 5.74) is 0. The zero-order valence-electron chi connectivity index (χ0n) is 52.6. The standard InChI is InChI=1S/C69H135NO10/c1-3-5-7-9-11-13-15-17-19-21-23-25-27-28-29-30-31-32-33-34-35-37-38-40-42-44-46-48-50-52-54-56-61(72)64(74)60(59-79-69-67(77)66(76)65(75)63(58-71)80-69)70-68(78)62(73)57-55-53-51-49-47-45-43-41-39-36-26-24-22-20-18-16-14-12-10-8-6-4-2/h39,41,60-67,69,71-77H,3-38,40,42-59H2,1-2H3,(H,70,78)/b41-39-. The Labute approximate surface area is 493 Å². The Kier molecular flexibility index (Phi) is 56.0. The van der Waals surface area contributed by atoms with E-state index in [9.17, 15) is 40.5 Å². The predicted octanol–water partition coefficient (Wildman–Crippen LogP) is 16.6. The highest BCUT2D eigenvalue weighted by Crippen LogP contribution is 2.24. The van der Waals surface area contributed by atoms with Crippen molar-refractivity contribution in [3.8, 4) is 0 Å². The summed E-state index contributed by atoms with van der Waals surface area (Å²) in [6, 6.07) is -1.17. The Hall–Kier alpha value is -1.15. The van der Waals surface area contributed by atoms with Crippen LogP contribution in [0.2, 0.25) is 0 Å². The second-order valence-electron chi connectivity index (χ2n) is 25.0. The van der Waals surface area contributed by atoms with Gasteiger partial charge in [-0.15, -0.1) is 0 Å². The van der Waals surface area contributed by atoms with Crippen molar-refractivity contribution in [2.75, 3.05) is 13.2 Å². The van der Waals surface area contributed by atoms with E-state index in [4.69, 9.17) is 9.47 Å². The summed E-state index contributed by atoms with van der Waals surface area (Å²) in [4.78, 5) is 13.2. The van der Waals surface area contributed by atoms with Crippen molar-refractivity contribution in [3.05, 3.63) is 12.2 Å². The molecule has 1 rings (SSSR count). The minimum atomic E-state index is -1.66. The van der Waals surface area contributed by atoms with Crippen LogP contribution in [0.1, 0.15) is 354 Å². The number of aliphatic hydroxyl groups is 7. The zero-order valence-corrected chi connectivity index (χ0v) is 52.6. The highest BCUT2D eigenvalue weighted by atomic mass is 16.7. The van der Waals surface area contributed by atoms with E-state index in [-0.39, 0.29) is 6.42 Å². The molecular formula is C69H135NO10. The van der Waals surface area contributed by atoms with Gasteiger partial charge in [0.25, 0.3) is 0 Å². The fourth-order valence-electron chi connectivity index (χ4n) is 11.7. The fraction of sp³-hybridized carbons (Fsp3) is 0.957. The van der Waals surface area contributed by atoms with Gasteiger partial charge in [-0.2, -0.15) is 0 Å². The normalized spacial score (nSPS) is 19.2. The van der Waals surface area contributed by atoms with E-state index < -0.39 is 74.2 Å². The molecule has 0 aromatic rings. The number of unbranched alkanes of at least 4 members (excludes halogenated alkanes) is 48. The van der Waals surface area contributed by atoms with Gasteiger partial charge in [0, 0.05) is 0 Å². The van der Waals surface area contributed by atoms with Gasteiger partial charge in [0.05, 0.1) is 25.4 Å². The minimum Gasteiger partial charge on any atom is -0.394 e. The Morgan fingerprint density at radius 2 is 0.725 bits per heavy atom. The van der Waals surface area contributed by atoms with E-state index in [1.165, 1.54) is 263 Å². The first-order valence-corrected chi connectivity index (χ1v) is 35.1. The number of hydrogen-bond acceptors (Lipinski definition) is 10. The topological polar surface area (TPSA) is 189 Å². The van der Waals surface area contributed by atoms with Crippen molar-refractivity contribution in [3.63, 3.8) is 0 Å². The van der Waals surface area contributed by atoms with E-state index in [0.29, 0.717) is 19.3 Å². The van der Waals surface area contributed by atoms with E-state index in [1.54, 1.807) is 0 Å². The first kappa shape index (κ1) is 76.9. The largest absolute Gasteiger partial charge is 0.394 e. The smallest absolute Gasteiger partial charge is 0.249 e. The lowest BCUT2D eigenvalue weighted by Crippen LogP contribution is -2.60. The third-order valence-electron chi connectivity index (χ3n) is 17.3. The monoisotopic (exact) mass is 1140 g/mol. The van der Waals surface area contributed by atoms with Crippen molar-refractivity contribution in [2.45, 2.75) is 409 Å². The van der Waals surface area contributed by atoms with Crippen LogP contribution in [0.15, 0.2) is 12.2 Å². The average molecular weight is 1140 g/mol. The lowest BCUT2D eigenvalue weighted by molar-refractivity contribution is -0.303. The Balaban J connectivity index is 2.19. The number of aliphatic hydroxyl groups excluding tert-OH is 7. The van der Waals surface area contributed by atoms with Crippen LogP contribution < -0.4 is 5.32 Å². The summed E-state index contributed by atoms with van der Waals surface area (Å²) in [6.07, 6.45) is 60.1. The number of carbonyl (C=O) groups is 1.